The fourth-order valence-electron chi connectivity index (χ4n) is 6.97. The van der Waals surface area contributed by atoms with Crippen LogP contribution in [0.15, 0.2) is 112 Å². The molecule has 9 nitrogen and oxygen atoms in total. The molecule has 2 aliphatic heterocycles. The van der Waals surface area contributed by atoms with Gasteiger partial charge in [0.1, 0.15) is 0 Å². The van der Waals surface area contributed by atoms with Crippen LogP contribution in [-0.4, -0.2) is 49.4 Å². The molecule has 0 bridgehead atoms. The van der Waals surface area contributed by atoms with Gasteiger partial charge in [0.05, 0.1) is 41.5 Å². The van der Waals surface area contributed by atoms with Gasteiger partial charge in [-0.2, -0.15) is 0 Å². The lowest BCUT2D eigenvalue weighted by Gasteiger charge is -2.36. The number of rotatable bonds is 8. The molecule has 244 valence electrons. The molecule has 2 amide bonds. The van der Waals surface area contributed by atoms with Crippen molar-refractivity contribution in [3.63, 3.8) is 0 Å². The van der Waals surface area contributed by atoms with Gasteiger partial charge in [0.25, 0.3) is 11.5 Å². The van der Waals surface area contributed by atoms with Crippen LogP contribution in [0.2, 0.25) is 0 Å². The van der Waals surface area contributed by atoms with Crippen LogP contribution in [0, 0.1) is 5.92 Å². The second-order valence-corrected chi connectivity index (χ2v) is 13.5. The number of para-hydroxylation sites is 1. The van der Waals surface area contributed by atoms with Crippen molar-refractivity contribution in [2.45, 2.75) is 44.5 Å². The molecular formula is C38H35BrN4O5. The molecule has 0 saturated heterocycles. The normalized spacial score (nSPS) is 19.6. The Morgan fingerprint density at radius 3 is 2.58 bits per heavy atom. The Kier molecular flexibility index (Phi) is 8.41. The maximum atomic E-state index is 14.2. The second kappa shape index (κ2) is 12.7. The second-order valence-electron chi connectivity index (χ2n) is 12.5. The number of amides is 2. The lowest BCUT2D eigenvalue weighted by atomic mass is 9.83. The number of fused-ring (bicyclic) bond motifs is 3. The van der Waals surface area contributed by atoms with E-state index in [1.54, 1.807) is 41.0 Å². The molecule has 3 atom stereocenters. The Morgan fingerprint density at radius 1 is 1.02 bits per heavy atom. The van der Waals surface area contributed by atoms with E-state index in [4.69, 9.17) is 0 Å². The monoisotopic (exact) mass is 706 g/mol. The zero-order valence-corrected chi connectivity index (χ0v) is 27.9. The van der Waals surface area contributed by atoms with E-state index in [0.29, 0.717) is 35.3 Å². The summed E-state index contributed by atoms with van der Waals surface area (Å²) in [6, 6.07) is 27.8. The number of hydrogen-bond acceptors (Lipinski definition) is 5. The topological polar surface area (TPSA) is 119 Å². The average molecular weight is 708 g/mol. The number of aliphatic hydroxyl groups is 2. The Bertz CT molecular complexity index is 2140. The van der Waals surface area contributed by atoms with Crippen molar-refractivity contribution >= 4 is 44.3 Å². The molecule has 4 aromatic carbocycles. The maximum Gasteiger partial charge on any atom is 0.279 e. The number of halogens is 1. The fourth-order valence-corrected chi connectivity index (χ4v) is 7.33. The molecule has 2 aliphatic rings. The van der Waals surface area contributed by atoms with Gasteiger partial charge in [-0.15, -0.1) is 0 Å². The zero-order chi connectivity index (χ0) is 33.6. The number of aliphatic hydroxyl groups excluding tert-OH is 1. The van der Waals surface area contributed by atoms with Gasteiger partial charge in [0.15, 0.2) is 5.60 Å². The highest BCUT2D eigenvalue weighted by Gasteiger charge is 2.52. The summed E-state index contributed by atoms with van der Waals surface area (Å²) in [7, 11) is 0. The molecular weight excluding hydrogens is 672 g/mol. The summed E-state index contributed by atoms with van der Waals surface area (Å²) in [5.41, 5.74) is 3.37. The summed E-state index contributed by atoms with van der Waals surface area (Å²) >= 11 is 3.50. The van der Waals surface area contributed by atoms with E-state index >= 15 is 0 Å². The Hall–Kier alpha value is -4.77. The van der Waals surface area contributed by atoms with Gasteiger partial charge in [-0.05, 0) is 65.6 Å². The summed E-state index contributed by atoms with van der Waals surface area (Å²) in [5.74, 6) is -1.27. The van der Waals surface area contributed by atoms with Gasteiger partial charge in [0.2, 0.25) is 5.91 Å². The largest absolute Gasteiger partial charge is 0.394 e. The minimum Gasteiger partial charge on any atom is -0.394 e. The van der Waals surface area contributed by atoms with Crippen LogP contribution < -0.4 is 10.5 Å². The van der Waals surface area contributed by atoms with Gasteiger partial charge < -0.3 is 20.0 Å². The van der Waals surface area contributed by atoms with E-state index in [1.807, 2.05) is 78.9 Å². The van der Waals surface area contributed by atoms with Crippen LogP contribution in [0.4, 0.5) is 5.69 Å². The number of aromatic amines is 1. The number of aromatic nitrogens is 2. The van der Waals surface area contributed by atoms with Gasteiger partial charge in [-0.1, -0.05) is 83.5 Å². The minimum absolute atomic E-state index is 0.0717. The van der Waals surface area contributed by atoms with Gasteiger partial charge in [0, 0.05) is 28.9 Å². The van der Waals surface area contributed by atoms with Crippen LogP contribution in [0.1, 0.15) is 35.6 Å². The molecule has 7 rings (SSSR count). The lowest BCUT2D eigenvalue weighted by Crippen LogP contribution is -2.46. The number of carbonyl (C=O) groups excluding carboxylic acids is 2. The van der Waals surface area contributed by atoms with E-state index in [1.165, 1.54) is 4.68 Å². The summed E-state index contributed by atoms with van der Waals surface area (Å²) in [5, 5.41) is 25.9. The van der Waals surface area contributed by atoms with E-state index < -0.39 is 17.4 Å². The lowest BCUT2D eigenvalue weighted by molar-refractivity contribution is -0.139. The fraction of sp³-hybridized carbons (Fsp3) is 0.237. The summed E-state index contributed by atoms with van der Waals surface area (Å²) in [4.78, 5) is 43.9. The SMILES string of the molecule is C[C@H](/C=C/CC(=O)N1Cc2ccccc2C[C@H]1CO)[C@@]1(O)C(=O)N(Cc2cccc(-n3[nH]c4ccccc4c3=O)c2)c2ccc(Br)cc21. The number of H-pyrrole nitrogens is 1. The molecule has 0 fully saturated rings. The maximum absolute atomic E-state index is 14.2. The van der Waals surface area contributed by atoms with Gasteiger partial charge >= 0.3 is 0 Å². The molecule has 5 aromatic rings. The summed E-state index contributed by atoms with van der Waals surface area (Å²) in [6.07, 6.45) is 4.09. The van der Waals surface area contributed by atoms with Gasteiger partial charge in [-0.25, -0.2) is 4.68 Å². The van der Waals surface area contributed by atoms with Crippen LogP contribution in [-0.2, 0) is 34.7 Å². The Labute approximate surface area is 285 Å². The standard InChI is InChI=1S/C38H35BrN4O5/c1-24(8-6-15-35(45)41-22-27-11-3-2-10-26(27)19-30(41)23-44)38(48)32-20-28(39)16-17-34(32)42(37(38)47)21-25-9-7-12-29(18-25)43-36(46)31-13-4-5-14-33(31)40-43/h2-14,16-18,20,24,30,40,44,48H,15,19,21-23H2,1H3/b8-6+/t24-,30+,38+/m1/s1. The zero-order valence-electron chi connectivity index (χ0n) is 26.3. The van der Waals surface area contributed by atoms with Crippen molar-refractivity contribution in [3.05, 3.63) is 140 Å². The molecule has 0 saturated carbocycles. The molecule has 3 heterocycles. The van der Waals surface area contributed by atoms with Crippen molar-refractivity contribution in [3.8, 4) is 5.69 Å². The first-order valence-electron chi connectivity index (χ1n) is 16.0. The third-order valence-electron chi connectivity index (χ3n) is 9.60. The number of nitrogens with zero attached hydrogens (tertiary/aromatic N) is 3. The Morgan fingerprint density at radius 2 is 1.79 bits per heavy atom. The predicted molar refractivity (Wildman–Crippen MR) is 188 cm³/mol. The molecule has 0 spiro atoms. The van der Waals surface area contributed by atoms with Crippen molar-refractivity contribution < 1.29 is 19.8 Å². The molecule has 48 heavy (non-hydrogen) atoms. The first-order valence-corrected chi connectivity index (χ1v) is 16.8. The average Bonchev–Trinajstić information content (AvgIpc) is 3.55. The number of anilines is 1. The molecule has 10 heteroatoms. The molecule has 0 aliphatic carbocycles. The van der Waals surface area contributed by atoms with Gasteiger partial charge in [-0.3, -0.25) is 19.5 Å². The van der Waals surface area contributed by atoms with Crippen molar-refractivity contribution in [2.24, 2.45) is 5.92 Å². The molecule has 0 unspecified atom stereocenters. The van der Waals surface area contributed by atoms with Crippen LogP contribution >= 0.6 is 15.9 Å². The highest BCUT2D eigenvalue weighted by molar-refractivity contribution is 9.10. The van der Waals surface area contributed by atoms with Crippen molar-refractivity contribution in [1.29, 1.82) is 0 Å². The van der Waals surface area contributed by atoms with Crippen LogP contribution in [0.25, 0.3) is 16.6 Å². The van der Waals surface area contributed by atoms with E-state index in [-0.39, 0.29) is 37.1 Å². The summed E-state index contributed by atoms with van der Waals surface area (Å²) < 4.78 is 2.21. The summed E-state index contributed by atoms with van der Waals surface area (Å²) in [6.45, 7) is 2.24. The Balaban J connectivity index is 1.12. The number of carbonyl (C=O) groups is 2. The first-order chi connectivity index (χ1) is 23.2. The number of benzene rings is 4. The quantitative estimate of drug-likeness (QED) is 0.188. The smallest absolute Gasteiger partial charge is 0.279 e. The van der Waals surface area contributed by atoms with E-state index in [2.05, 4.69) is 21.0 Å². The van der Waals surface area contributed by atoms with E-state index in [0.717, 1.165) is 26.7 Å². The highest BCUT2D eigenvalue weighted by Crippen LogP contribution is 2.46. The van der Waals surface area contributed by atoms with E-state index in [9.17, 15) is 24.6 Å². The molecule has 3 N–H and O–H groups in total. The third-order valence-corrected chi connectivity index (χ3v) is 10.1. The first kappa shape index (κ1) is 31.8. The number of nitrogens with one attached hydrogen (secondary N) is 1. The number of hydrogen-bond donors (Lipinski definition) is 3. The highest BCUT2D eigenvalue weighted by atomic mass is 79.9. The minimum atomic E-state index is -1.87. The van der Waals surface area contributed by atoms with Crippen LogP contribution in [0.5, 0.6) is 0 Å². The van der Waals surface area contributed by atoms with Crippen LogP contribution in [0.3, 0.4) is 0 Å². The predicted octanol–water partition coefficient (Wildman–Crippen LogP) is 5.34. The molecule has 0 radical (unpaired) electrons. The van der Waals surface area contributed by atoms with Crippen molar-refractivity contribution in [2.75, 3.05) is 11.5 Å². The third kappa shape index (κ3) is 5.49. The molecule has 1 aromatic heterocycles. The van der Waals surface area contributed by atoms with Crippen molar-refractivity contribution in [1.82, 2.24) is 14.7 Å².